The molecule has 0 unspecified atom stereocenters. The first-order valence-corrected chi connectivity index (χ1v) is 5.99. The van der Waals surface area contributed by atoms with Gasteiger partial charge in [0.2, 0.25) is 5.88 Å². The van der Waals surface area contributed by atoms with Gasteiger partial charge >= 0.3 is 0 Å². The Morgan fingerprint density at radius 3 is 2.61 bits per heavy atom. The Bertz CT molecular complexity index is 503. The van der Waals surface area contributed by atoms with Crippen LogP contribution in [0.3, 0.4) is 0 Å². The molecule has 2 rings (SSSR count). The molecule has 0 radical (unpaired) electrons. The van der Waals surface area contributed by atoms with E-state index >= 15 is 0 Å². The Kier molecular flexibility index (Phi) is 3.99. The zero-order valence-electron chi connectivity index (χ0n) is 10.8. The van der Waals surface area contributed by atoms with Crippen LogP contribution in [0, 0.1) is 6.92 Å². The number of aliphatic hydroxyl groups is 1. The molecule has 0 fully saturated rings. The SMILES string of the molecule is COc1c(CCO)cnn1Cc1ccc(C)cc1. The van der Waals surface area contributed by atoms with Crippen molar-refractivity contribution in [1.29, 1.82) is 0 Å². The summed E-state index contributed by atoms with van der Waals surface area (Å²) >= 11 is 0. The second-order valence-corrected chi connectivity index (χ2v) is 4.30. The van der Waals surface area contributed by atoms with Gasteiger partial charge in [0, 0.05) is 18.6 Å². The number of benzene rings is 1. The molecule has 1 aromatic heterocycles. The Morgan fingerprint density at radius 1 is 1.28 bits per heavy atom. The Morgan fingerprint density at radius 2 is 2.00 bits per heavy atom. The molecule has 1 heterocycles. The maximum Gasteiger partial charge on any atom is 0.215 e. The Hall–Kier alpha value is -1.81. The van der Waals surface area contributed by atoms with Crippen LogP contribution in [0.2, 0.25) is 0 Å². The lowest BCUT2D eigenvalue weighted by molar-refractivity contribution is 0.295. The third-order valence-electron chi connectivity index (χ3n) is 2.89. The van der Waals surface area contributed by atoms with E-state index in [-0.39, 0.29) is 6.61 Å². The minimum atomic E-state index is 0.104. The van der Waals surface area contributed by atoms with Crippen LogP contribution < -0.4 is 4.74 Å². The number of methoxy groups -OCH3 is 1. The number of nitrogens with zero attached hydrogens (tertiary/aromatic N) is 2. The van der Waals surface area contributed by atoms with E-state index in [1.54, 1.807) is 13.3 Å². The first-order chi connectivity index (χ1) is 8.74. The first kappa shape index (κ1) is 12.6. The molecule has 0 amide bonds. The van der Waals surface area contributed by atoms with Gasteiger partial charge in [0.05, 0.1) is 19.9 Å². The van der Waals surface area contributed by atoms with E-state index in [4.69, 9.17) is 9.84 Å². The van der Waals surface area contributed by atoms with E-state index in [1.807, 2.05) is 4.68 Å². The molecule has 0 saturated heterocycles. The molecule has 0 bridgehead atoms. The van der Waals surface area contributed by atoms with Crippen LogP contribution in [-0.4, -0.2) is 28.6 Å². The van der Waals surface area contributed by atoms with Crippen molar-refractivity contribution in [1.82, 2.24) is 9.78 Å². The van der Waals surface area contributed by atoms with Gasteiger partial charge in [0.25, 0.3) is 0 Å². The van der Waals surface area contributed by atoms with Crippen molar-refractivity contribution in [2.75, 3.05) is 13.7 Å². The van der Waals surface area contributed by atoms with Gasteiger partial charge in [-0.2, -0.15) is 5.10 Å². The maximum absolute atomic E-state index is 8.98. The molecule has 0 aliphatic heterocycles. The molecule has 0 spiro atoms. The van der Waals surface area contributed by atoms with Gasteiger partial charge < -0.3 is 9.84 Å². The van der Waals surface area contributed by atoms with Gasteiger partial charge in [0.15, 0.2) is 0 Å². The minimum absolute atomic E-state index is 0.104. The first-order valence-electron chi connectivity index (χ1n) is 5.99. The number of aromatic nitrogens is 2. The molecule has 18 heavy (non-hydrogen) atoms. The molecule has 1 aromatic carbocycles. The van der Waals surface area contributed by atoms with Crippen LogP contribution in [0.15, 0.2) is 30.5 Å². The Balaban J connectivity index is 2.20. The van der Waals surface area contributed by atoms with Crippen molar-refractivity contribution < 1.29 is 9.84 Å². The van der Waals surface area contributed by atoms with Gasteiger partial charge in [-0.15, -0.1) is 0 Å². The molecule has 4 heteroatoms. The molecule has 0 atom stereocenters. The molecule has 2 aromatic rings. The van der Waals surface area contributed by atoms with E-state index in [9.17, 15) is 0 Å². The molecule has 1 N–H and O–H groups in total. The number of aryl methyl sites for hydroxylation is 1. The summed E-state index contributed by atoms with van der Waals surface area (Å²) < 4.78 is 7.17. The molecule has 0 saturated carbocycles. The van der Waals surface area contributed by atoms with Crippen molar-refractivity contribution in [3.05, 3.63) is 47.2 Å². The quantitative estimate of drug-likeness (QED) is 0.874. The second-order valence-electron chi connectivity index (χ2n) is 4.30. The molecular formula is C14H18N2O2. The van der Waals surface area contributed by atoms with E-state index < -0.39 is 0 Å². The highest BCUT2D eigenvalue weighted by Crippen LogP contribution is 2.19. The van der Waals surface area contributed by atoms with Crippen LogP contribution >= 0.6 is 0 Å². The molecule has 96 valence electrons. The van der Waals surface area contributed by atoms with Crippen LogP contribution in [0.1, 0.15) is 16.7 Å². The van der Waals surface area contributed by atoms with Gasteiger partial charge in [-0.1, -0.05) is 29.8 Å². The minimum Gasteiger partial charge on any atom is -0.481 e. The topological polar surface area (TPSA) is 47.3 Å². The van der Waals surface area contributed by atoms with Crippen LogP contribution in [0.5, 0.6) is 5.88 Å². The zero-order valence-corrected chi connectivity index (χ0v) is 10.8. The predicted molar refractivity (Wildman–Crippen MR) is 69.8 cm³/mol. The summed E-state index contributed by atoms with van der Waals surface area (Å²) in [6.07, 6.45) is 2.32. The highest BCUT2D eigenvalue weighted by molar-refractivity contribution is 5.27. The van der Waals surface area contributed by atoms with Gasteiger partial charge in [-0.05, 0) is 12.5 Å². The lowest BCUT2D eigenvalue weighted by atomic mass is 10.1. The number of ether oxygens (including phenoxy) is 1. The van der Waals surface area contributed by atoms with Crippen molar-refractivity contribution >= 4 is 0 Å². The lowest BCUT2D eigenvalue weighted by Gasteiger charge is -2.08. The summed E-state index contributed by atoms with van der Waals surface area (Å²) in [6, 6.07) is 8.34. The number of aliphatic hydroxyl groups excluding tert-OH is 1. The smallest absolute Gasteiger partial charge is 0.215 e. The summed E-state index contributed by atoms with van der Waals surface area (Å²) in [4.78, 5) is 0. The van der Waals surface area contributed by atoms with E-state index in [0.717, 1.165) is 11.4 Å². The van der Waals surface area contributed by atoms with Crippen molar-refractivity contribution in [2.45, 2.75) is 19.9 Å². The zero-order chi connectivity index (χ0) is 13.0. The largest absolute Gasteiger partial charge is 0.481 e. The van der Waals surface area contributed by atoms with E-state index in [1.165, 1.54) is 11.1 Å². The fraction of sp³-hybridized carbons (Fsp3) is 0.357. The normalized spacial score (nSPS) is 10.6. The highest BCUT2D eigenvalue weighted by Gasteiger charge is 2.10. The third kappa shape index (κ3) is 2.71. The van der Waals surface area contributed by atoms with Crippen LogP contribution in [-0.2, 0) is 13.0 Å². The summed E-state index contributed by atoms with van der Waals surface area (Å²) in [5.41, 5.74) is 3.36. The third-order valence-corrected chi connectivity index (χ3v) is 2.89. The Labute approximate surface area is 107 Å². The summed E-state index contributed by atoms with van der Waals surface area (Å²) in [7, 11) is 1.63. The van der Waals surface area contributed by atoms with Crippen LogP contribution in [0.4, 0.5) is 0 Å². The average Bonchev–Trinajstić information content (AvgIpc) is 2.75. The van der Waals surface area contributed by atoms with Crippen LogP contribution in [0.25, 0.3) is 0 Å². The van der Waals surface area contributed by atoms with Gasteiger partial charge in [-0.3, -0.25) is 0 Å². The summed E-state index contributed by atoms with van der Waals surface area (Å²) in [5, 5.41) is 13.3. The standard InChI is InChI=1S/C14H18N2O2/c1-11-3-5-12(6-4-11)10-16-14(18-2)13(7-8-17)9-15-16/h3-6,9,17H,7-8,10H2,1-2H3. The number of hydrogen-bond donors (Lipinski definition) is 1. The number of hydrogen-bond acceptors (Lipinski definition) is 3. The lowest BCUT2D eigenvalue weighted by Crippen LogP contribution is -2.05. The van der Waals surface area contributed by atoms with Crippen molar-refractivity contribution in [2.24, 2.45) is 0 Å². The van der Waals surface area contributed by atoms with Gasteiger partial charge in [0.1, 0.15) is 0 Å². The van der Waals surface area contributed by atoms with Crippen molar-refractivity contribution in [3.63, 3.8) is 0 Å². The van der Waals surface area contributed by atoms with Crippen molar-refractivity contribution in [3.8, 4) is 5.88 Å². The molecule has 0 aliphatic rings. The highest BCUT2D eigenvalue weighted by atomic mass is 16.5. The summed E-state index contributed by atoms with van der Waals surface area (Å²) in [6.45, 7) is 2.85. The van der Waals surface area contributed by atoms with Gasteiger partial charge in [-0.25, -0.2) is 4.68 Å². The molecular weight excluding hydrogens is 228 g/mol. The molecule has 4 nitrogen and oxygen atoms in total. The number of rotatable bonds is 5. The van der Waals surface area contributed by atoms with E-state index in [2.05, 4.69) is 36.3 Å². The monoisotopic (exact) mass is 246 g/mol. The average molecular weight is 246 g/mol. The maximum atomic E-state index is 8.98. The second kappa shape index (κ2) is 5.69. The van der Waals surface area contributed by atoms with E-state index in [0.29, 0.717) is 13.0 Å². The fourth-order valence-electron chi connectivity index (χ4n) is 1.92. The molecule has 0 aliphatic carbocycles. The fourth-order valence-corrected chi connectivity index (χ4v) is 1.92. The summed E-state index contributed by atoms with van der Waals surface area (Å²) in [5.74, 6) is 0.727. The predicted octanol–water partition coefficient (Wildman–Crippen LogP) is 1.78.